The van der Waals surface area contributed by atoms with Gasteiger partial charge in [0.05, 0.1) is 7.11 Å². The Morgan fingerprint density at radius 1 is 1.41 bits per heavy atom. The average molecular weight is 371 g/mol. The maximum absolute atomic E-state index is 12.5. The van der Waals surface area contributed by atoms with Crippen LogP contribution >= 0.6 is 15.9 Å². The number of ether oxygens (including phenoxy) is 1. The molecule has 6 heteroatoms. The Kier molecular flexibility index (Phi) is 7.38. The third-order valence-electron chi connectivity index (χ3n) is 3.28. The molecule has 0 aliphatic carbocycles. The van der Waals surface area contributed by atoms with E-state index in [2.05, 4.69) is 21.2 Å². The molecular weight excluding hydrogens is 348 g/mol. The summed E-state index contributed by atoms with van der Waals surface area (Å²) in [6.45, 7) is 3.83. The Hall–Kier alpha value is -1.56. The molecule has 5 nitrogen and oxygen atoms in total. The van der Waals surface area contributed by atoms with Crippen LogP contribution in [0.4, 0.5) is 0 Å². The lowest BCUT2D eigenvalue weighted by molar-refractivity contribution is -0.135. The quantitative estimate of drug-likeness (QED) is 0.802. The van der Waals surface area contributed by atoms with Gasteiger partial charge in [0.1, 0.15) is 11.8 Å². The van der Waals surface area contributed by atoms with E-state index < -0.39 is 6.04 Å². The first kappa shape index (κ1) is 18.5. The number of hydrogen-bond donors (Lipinski definition) is 1. The lowest BCUT2D eigenvalue weighted by Crippen LogP contribution is -2.46. The second-order valence-electron chi connectivity index (χ2n) is 5.19. The minimum atomic E-state index is -0.481. The summed E-state index contributed by atoms with van der Waals surface area (Å²) in [6, 6.07) is 5.19. The van der Waals surface area contributed by atoms with E-state index in [0.29, 0.717) is 13.0 Å². The van der Waals surface area contributed by atoms with Crippen LogP contribution in [0.1, 0.15) is 32.3 Å². The van der Waals surface area contributed by atoms with Crippen molar-refractivity contribution in [2.75, 3.05) is 14.2 Å². The molecular formula is C16H23BrN2O3. The number of likely N-dealkylation sites (N-methyl/N-ethyl adjacent to an activating group) is 1. The number of methoxy groups -OCH3 is 1. The minimum absolute atomic E-state index is 0.0981. The number of carbonyl (C=O) groups is 2. The van der Waals surface area contributed by atoms with E-state index in [9.17, 15) is 9.59 Å². The number of nitrogens with one attached hydrogen (secondary N) is 1. The Bertz CT molecular complexity index is 534. The van der Waals surface area contributed by atoms with Crippen LogP contribution in [0.2, 0.25) is 0 Å². The van der Waals surface area contributed by atoms with Crippen molar-refractivity contribution in [3.05, 3.63) is 28.2 Å². The highest BCUT2D eigenvalue weighted by molar-refractivity contribution is 9.10. The third-order valence-corrected chi connectivity index (χ3v) is 3.77. The Labute approximate surface area is 140 Å². The number of rotatable bonds is 7. The van der Waals surface area contributed by atoms with Crippen LogP contribution in [-0.2, 0) is 16.1 Å². The lowest BCUT2D eigenvalue weighted by Gasteiger charge is -2.25. The second-order valence-corrected chi connectivity index (χ2v) is 6.11. The van der Waals surface area contributed by atoms with E-state index in [-0.39, 0.29) is 11.8 Å². The van der Waals surface area contributed by atoms with Gasteiger partial charge in [-0.1, -0.05) is 29.3 Å². The topological polar surface area (TPSA) is 58.6 Å². The molecule has 1 N–H and O–H groups in total. The molecule has 0 saturated carbocycles. The first-order valence-corrected chi connectivity index (χ1v) is 8.02. The first-order valence-electron chi connectivity index (χ1n) is 7.23. The van der Waals surface area contributed by atoms with Crippen molar-refractivity contribution in [2.24, 2.45) is 0 Å². The van der Waals surface area contributed by atoms with Crippen molar-refractivity contribution in [3.63, 3.8) is 0 Å². The molecule has 1 rings (SSSR count). The molecule has 0 aliphatic heterocycles. The van der Waals surface area contributed by atoms with Crippen LogP contribution in [0.3, 0.4) is 0 Å². The van der Waals surface area contributed by atoms with E-state index >= 15 is 0 Å². The molecule has 1 atom stereocenters. The Morgan fingerprint density at radius 3 is 2.64 bits per heavy atom. The standard InChI is InChI=1S/C16H23BrN2O3/c1-5-6-14(18-11(2)20)16(21)19(3)10-12-9-13(17)7-8-15(12)22-4/h7-9,14H,5-6,10H2,1-4H3,(H,18,20). The molecule has 0 fully saturated rings. The Balaban J connectivity index is 2.86. The van der Waals surface area contributed by atoms with E-state index in [1.807, 2.05) is 25.1 Å². The summed E-state index contributed by atoms with van der Waals surface area (Å²) in [5.74, 6) is 0.439. The van der Waals surface area contributed by atoms with Crippen molar-refractivity contribution in [1.29, 1.82) is 0 Å². The van der Waals surface area contributed by atoms with Crippen molar-refractivity contribution in [1.82, 2.24) is 10.2 Å². The van der Waals surface area contributed by atoms with Gasteiger partial charge in [-0.15, -0.1) is 0 Å². The maximum Gasteiger partial charge on any atom is 0.245 e. The van der Waals surface area contributed by atoms with Gasteiger partial charge < -0.3 is 15.0 Å². The molecule has 0 radical (unpaired) electrons. The molecule has 2 amide bonds. The molecule has 0 bridgehead atoms. The molecule has 1 unspecified atom stereocenters. The van der Waals surface area contributed by atoms with Gasteiger partial charge in [-0.05, 0) is 24.6 Å². The van der Waals surface area contributed by atoms with Gasteiger partial charge in [0.25, 0.3) is 0 Å². The fraction of sp³-hybridized carbons (Fsp3) is 0.500. The lowest BCUT2D eigenvalue weighted by atomic mass is 10.1. The van der Waals surface area contributed by atoms with Crippen LogP contribution in [0.25, 0.3) is 0 Å². The SMILES string of the molecule is CCCC(NC(C)=O)C(=O)N(C)Cc1cc(Br)ccc1OC. The van der Waals surface area contributed by atoms with Crippen LogP contribution in [0.5, 0.6) is 5.75 Å². The summed E-state index contributed by atoms with van der Waals surface area (Å²) in [5.41, 5.74) is 0.908. The van der Waals surface area contributed by atoms with E-state index in [0.717, 1.165) is 22.2 Å². The number of benzene rings is 1. The first-order chi connectivity index (χ1) is 10.4. The highest BCUT2D eigenvalue weighted by Gasteiger charge is 2.22. The molecule has 1 aromatic rings. The summed E-state index contributed by atoms with van der Waals surface area (Å²) >= 11 is 3.42. The number of hydrogen-bond acceptors (Lipinski definition) is 3. The smallest absolute Gasteiger partial charge is 0.245 e. The van der Waals surface area contributed by atoms with Crippen molar-refractivity contribution in [3.8, 4) is 5.75 Å². The number of carbonyl (C=O) groups excluding carboxylic acids is 2. The monoisotopic (exact) mass is 370 g/mol. The van der Waals surface area contributed by atoms with Gasteiger partial charge >= 0.3 is 0 Å². The number of nitrogens with zero attached hydrogens (tertiary/aromatic N) is 1. The summed E-state index contributed by atoms with van der Waals surface area (Å²) in [5, 5.41) is 2.72. The van der Waals surface area contributed by atoms with Crippen molar-refractivity contribution < 1.29 is 14.3 Å². The molecule has 0 heterocycles. The van der Waals surface area contributed by atoms with Gasteiger partial charge in [0, 0.05) is 30.6 Å². The third kappa shape index (κ3) is 5.33. The van der Waals surface area contributed by atoms with E-state index in [1.54, 1.807) is 19.1 Å². The highest BCUT2D eigenvalue weighted by atomic mass is 79.9. The predicted molar refractivity (Wildman–Crippen MR) is 89.7 cm³/mol. The van der Waals surface area contributed by atoms with Gasteiger partial charge in [-0.3, -0.25) is 9.59 Å². The fourth-order valence-electron chi connectivity index (χ4n) is 2.26. The fourth-order valence-corrected chi connectivity index (χ4v) is 2.67. The van der Waals surface area contributed by atoms with Crippen molar-refractivity contribution >= 4 is 27.7 Å². The molecule has 0 aliphatic rings. The van der Waals surface area contributed by atoms with Crippen LogP contribution < -0.4 is 10.1 Å². The minimum Gasteiger partial charge on any atom is -0.496 e. The Morgan fingerprint density at radius 2 is 2.09 bits per heavy atom. The zero-order chi connectivity index (χ0) is 16.7. The average Bonchev–Trinajstić information content (AvgIpc) is 2.45. The number of amides is 2. The molecule has 0 saturated heterocycles. The molecule has 22 heavy (non-hydrogen) atoms. The zero-order valence-electron chi connectivity index (χ0n) is 13.5. The largest absolute Gasteiger partial charge is 0.496 e. The second kappa shape index (κ2) is 8.78. The van der Waals surface area contributed by atoms with Gasteiger partial charge in [0.2, 0.25) is 11.8 Å². The van der Waals surface area contributed by atoms with Gasteiger partial charge in [-0.25, -0.2) is 0 Å². The van der Waals surface area contributed by atoms with Crippen molar-refractivity contribution in [2.45, 2.75) is 39.3 Å². The predicted octanol–water partition coefficient (Wildman–Crippen LogP) is 2.72. The maximum atomic E-state index is 12.5. The highest BCUT2D eigenvalue weighted by Crippen LogP contribution is 2.24. The summed E-state index contributed by atoms with van der Waals surface area (Å²) in [6.07, 6.45) is 1.45. The molecule has 1 aromatic carbocycles. The van der Waals surface area contributed by atoms with E-state index in [1.165, 1.54) is 6.92 Å². The van der Waals surface area contributed by atoms with Crippen LogP contribution in [0.15, 0.2) is 22.7 Å². The number of halogens is 1. The molecule has 122 valence electrons. The van der Waals surface area contributed by atoms with Crippen LogP contribution in [-0.4, -0.2) is 36.9 Å². The summed E-state index contributed by atoms with van der Waals surface area (Å²) < 4.78 is 6.25. The van der Waals surface area contributed by atoms with Crippen LogP contribution in [0, 0.1) is 0 Å². The summed E-state index contributed by atoms with van der Waals surface area (Å²) in [4.78, 5) is 25.4. The molecule has 0 spiro atoms. The summed E-state index contributed by atoms with van der Waals surface area (Å²) in [7, 11) is 3.33. The molecule has 0 aromatic heterocycles. The van der Waals surface area contributed by atoms with Gasteiger partial charge in [0.15, 0.2) is 0 Å². The zero-order valence-corrected chi connectivity index (χ0v) is 15.1. The van der Waals surface area contributed by atoms with Gasteiger partial charge in [-0.2, -0.15) is 0 Å². The normalized spacial score (nSPS) is 11.7. The van der Waals surface area contributed by atoms with E-state index in [4.69, 9.17) is 4.74 Å².